The zero-order chi connectivity index (χ0) is 15.1. The zero-order valence-electron chi connectivity index (χ0n) is 12.4. The fourth-order valence-corrected chi connectivity index (χ4v) is 2.72. The monoisotopic (exact) mass is 306 g/mol. The molecule has 1 fully saturated rings. The van der Waals surface area contributed by atoms with Gasteiger partial charge >= 0.3 is 0 Å². The smallest absolute Gasteiger partial charge is 0.229 e. The summed E-state index contributed by atoms with van der Waals surface area (Å²) in [6.45, 7) is 0.591. The maximum Gasteiger partial charge on any atom is 0.229 e. The van der Waals surface area contributed by atoms with Crippen molar-refractivity contribution >= 4 is 23.2 Å². The van der Waals surface area contributed by atoms with E-state index in [1.165, 1.54) is 6.42 Å². The van der Waals surface area contributed by atoms with Crippen LogP contribution in [0.4, 0.5) is 0 Å². The van der Waals surface area contributed by atoms with Gasteiger partial charge in [-0.15, -0.1) is 0 Å². The maximum atomic E-state index is 12.0. The van der Waals surface area contributed by atoms with Crippen molar-refractivity contribution in [3.8, 4) is 5.75 Å². The minimum Gasteiger partial charge on any atom is -0.497 e. The summed E-state index contributed by atoms with van der Waals surface area (Å²) in [5, 5.41) is 6.27. The first-order valence-electron chi connectivity index (χ1n) is 7.40. The van der Waals surface area contributed by atoms with Gasteiger partial charge in [0, 0.05) is 12.5 Å². The van der Waals surface area contributed by atoms with Gasteiger partial charge in [0.15, 0.2) is 5.11 Å². The van der Waals surface area contributed by atoms with Crippen molar-refractivity contribution < 1.29 is 9.53 Å². The molecule has 0 spiro atoms. The van der Waals surface area contributed by atoms with Crippen LogP contribution < -0.4 is 15.4 Å². The first kappa shape index (κ1) is 15.8. The van der Waals surface area contributed by atoms with Crippen LogP contribution >= 0.6 is 12.2 Å². The molecule has 21 heavy (non-hydrogen) atoms. The van der Waals surface area contributed by atoms with E-state index in [1.807, 2.05) is 24.3 Å². The van der Waals surface area contributed by atoms with E-state index in [9.17, 15) is 4.79 Å². The van der Waals surface area contributed by atoms with Gasteiger partial charge in [0.2, 0.25) is 5.91 Å². The Morgan fingerprint density at radius 2 is 1.90 bits per heavy atom. The summed E-state index contributed by atoms with van der Waals surface area (Å²) in [7, 11) is 1.64. The summed E-state index contributed by atoms with van der Waals surface area (Å²) < 4.78 is 5.11. The highest BCUT2D eigenvalue weighted by Crippen LogP contribution is 2.23. The zero-order valence-corrected chi connectivity index (χ0v) is 13.2. The van der Waals surface area contributed by atoms with Gasteiger partial charge in [-0.3, -0.25) is 4.79 Å². The topological polar surface area (TPSA) is 50.4 Å². The molecule has 0 bridgehead atoms. The van der Waals surface area contributed by atoms with Gasteiger partial charge in [0.25, 0.3) is 0 Å². The number of ether oxygens (including phenoxy) is 1. The lowest BCUT2D eigenvalue weighted by Crippen LogP contribution is -2.42. The second-order valence-corrected chi connectivity index (χ2v) is 5.76. The maximum absolute atomic E-state index is 12.0. The van der Waals surface area contributed by atoms with Gasteiger partial charge < -0.3 is 15.4 Å². The Bertz CT molecular complexity index is 482. The van der Waals surface area contributed by atoms with Gasteiger partial charge in [-0.1, -0.05) is 31.4 Å². The van der Waals surface area contributed by atoms with E-state index in [0.29, 0.717) is 11.7 Å². The van der Waals surface area contributed by atoms with E-state index in [-0.39, 0.29) is 11.8 Å². The minimum atomic E-state index is 0.0573. The lowest BCUT2D eigenvalue weighted by molar-refractivity contribution is -0.124. The molecule has 114 valence electrons. The van der Waals surface area contributed by atoms with Crippen LogP contribution in [0, 0.1) is 5.92 Å². The molecule has 1 aliphatic carbocycles. The van der Waals surface area contributed by atoms with Crippen LogP contribution in [-0.4, -0.2) is 18.1 Å². The second kappa shape index (κ2) is 7.98. The lowest BCUT2D eigenvalue weighted by Gasteiger charge is -2.21. The van der Waals surface area contributed by atoms with Crippen molar-refractivity contribution in [2.45, 2.75) is 38.6 Å². The Kier molecular flexibility index (Phi) is 5.99. The van der Waals surface area contributed by atoms with Crippen LogP contribution in [-0.2, 0) is 11.3 Å². The molecule has 0 aliphatic heterocycles. The molecule has 0 atom stereocenters. The Morgan fingerprint density at radius 1 is 1.24 bits per heavy atom. The third-order valence-corrected chi connectivity index (χ3v) is 4.07. The van der Waals surface area contributed by atoms with E-state index < -0.39 is 0 Å². The highest BCUT2D eigenvalue weighted by atomic mass is 32.1. The molecule has 1 aromatic rings. The van der Waals surface area contributed by atoms with E-state index in [1.54, 1.807) is 7.11 Å². The molecule has 4 nitrogen and oxygen atoms in total. The molecule has 0 saturated heterocycles. The SMILES string of the molecule is COc1ccc(CNC(=S)NC(=O)C2CCCCC2)cc1. The number of hydrogen-bond acceptors (Lipinski definition) is 3. The van der Waals surface area contributed by atoms with Crippen molar-refractivity contribution in [3.05, 3.63) is 29.8 Å². The number of carbonyl (C=O) groups is 1. The number of rotatable bonds is 4. The molecule has 0 heterocycles. The molecule has 0 aromatic heterocycles. The number of hydrogen-bond donors (Lipinski definition) is 2. The lowest BCUT2D eigenvalue weighted by atomic mass is 9.89. The number of methoxy groups -OCH3 is 1. The molecule has 0 radical (unpaired) electrons. The van der Waals surface area contributed by atoms with Crippen molar-refractivity contribution in [1.82, 2.24) is 10.6 Å². The molecular weight excluding hydrogens is 284 g/mol. The van der Waals surface area contributed by atoms with Crippen LogP contribution in [0.3, 0.4) is 0 Å². The summed E-state index contributed by atoms with van der Waals surface area (Å²) >= 11 is 5.18. The molecule has 2 N–H and O–H groups in total. The number of benzene rings is 1. The third-order valence-electron chi connectivity index (χ3n) is 3.82. The van der Waals surface area contributed by atoms with Crippen LogP contribution in [0.1, 0.15) is 37.7 Å². The molecule has 1 saturated carbocycles. The molecule has 1 aromatic carbocycles. The van der Waals surface area contributed by atoms with Gasteiger partial charge in [0.05, 0.1) is 7.11 Å². The fourth-order valence-electron chi connectivity index (χ4n) is 2.55. The Balaban J connectivity index is 1.74. The largest absolute Gasteiger partial charge is 0.497 e. The average molecular weight is 306 g/mol. The first-order valence-corrected chi connectivity index (χ1v) is 7.81. The summed E-state index contributed by atoms with van der Waals surface area (Å²) in [5.41, 5.74) is 1.09. The highest BCUT2D eigenvalue weighted by Gasteiger charge is 2.21. The van der Waals surface area contributed by atoms with Gasteiger partial charge in [-0.05, 0) is 42.8 Å². The van der Waals surface area contributed by atoms with Gasteiger partial charge in [-0.25, -0.2) is 0 Å². The Hall–Kier alpha value is -1.62. The normalized spacial score (nSPS) is 15.3. The average Bonchev–Trinajstić information content (AvgIpc) is 2.54. The van der Waals surface area contributed by atoms with Crippen LogP contribution in [0.15, 0.2) is 24.3 Å². The number of amides is 1. The van der Waals surface area contributed by atoms with Crippen molar-refractivity contribution in [2.24, 2.45) is 5.92 Å². The van der Waals surface area contributed by atoms with Crippen molar-refractivity contribution in [2.75, 3.05) is 7.11 Å². The van der Waals surface area contributed by atoms with Crippen LogP contribution in [0.2, 0.25) is 0 Å². The summed E-state index contributed by atoms with van der Waals surface area (Å²) in [4.78, 5) is 12.0. The molecule has 1 aliphatic rings. The second-order valence-electron chi connectivity index (χ2n) is 5.35. The first-order chi connectivity index (χ1) is 10.2. The van der Waals surface area contributed by atoms with Gasteiger partial charge in [-0.2, -0.15) is 0 Å². The molecule has 0 unspecified atom stereocenters. The van der Waals surface area contributed by atoms with E-state index in [4.69, 9.17) is 17.0 Å². The Morgan fingerprint density at radius 3 is 2.52 bits per heavy atom. The van der Waals surface area contributed by atoms with E-state index in [2.05, 4.69) is 10.6 Å². The van der Waals surface area contributed by atoms with Gasteiger partial charge in [0.1, 0.15) is 5.75 Å². The van der Waals surface area contributed by atoms with Crippen molar-refractivity contribution in [3.63, 3.8) is 0 Å². The number of carbonyl (C=O) groups excluding carboxylic acids is 1. The van der Waals surface area contributed by atoms with Crippen molar-refractivity contribution in [1.29, 1.82) is 0 Å². The van der Waals surface area contributed by atoms with E-state index >= 15 is 0 Å². The quantitative estimate of drug-likeness (QED) is 0.840. The highest BCUT2D eigenvalue weighted by molar-refractivity contribution is 7.80. The predicted octanol–water partition coefficient (Wildman–Crippen LogP) is 2.77. The molecule has 1 amide bonds. The summed E-state index contributed by atoms with van der Waals surface area (Å²) in [5.74, 6) is 1.01. The van der Waals surface area contributed by atoms with E-state index in [0.717, 1.165) is 37.0 Å². The Labute approximate surface area is 131 Å². The molecule has 5 heteroatoms. The summed E-state index contributed by atoms with van der Waals surface area (Å²) in [6, 6.07) is 7.75. The van der Waals surface area contributed by atoms with Crippen LogP contribution in [0.5, 0.6) is 5.75 Å². The molecule has 2 rings (SSSR count). The predicted molar refractivity (Wildman–Crippen MR) is 87.1 cm³/mol. The van der Waals surface area contributed by atoms with Crippen LogP contribution in [0.25, 0.3) is 0 Å². The molecular formula is C16H22N2O2S. The third kappa shape index (κ3) is 5.01. The number of nitrogens with one attached hydrogen (secondary N) is 2. The minimum absolute atomic E-state index is 0.0573. The summed E-state index contributed by atoms with van der Waals surface area (Å²) in [6.07, 6.45) is 5.48. The fraction of sp³-hybridized carbons (Fsp3) is 0.500. The number of thiocarbonyl (C=S) groups is 1. The standard InChI is InChI=1S/C16H22N2O2S/c1-20-14-9-7-12(8-10-14)11-17-16(21)18-15(19)13-5-3-2-4-6-13/h7-10,13H,2-6,11H2,1H3,(H2,17,18,19,21).